The average Bonchev–Trinajstić information content (AvgIpc) is 3.08. The zero-order chi connectivity index (χ0) is 14.8. The minimum absolute atomic E-state index is 0.752. The lowest BCUT2D eigenvalue weighted by Gasteiger charge is -2.28. The third kappa shape index (κ3) is 2.71. The van der Waals surface area contributed by atoms with Gasteiger partial charge in [-0.05, 0) is 23.8 Å². The average molecular weight is 312 g/mol. The molecule has 6 heteroatoms. The number of aliphatic imine (C=N–C) groups is 1. The van der Waals surface area contributed by atoms with Crippen LogP contribution in [0.4, 0.5) is 5.82 Å². The van der Waals surface area contributed by atoms with Gasteiger partial charge in [-0.1, -0.05) is 6.07 Å². The van der Waals surface area contributed by atoms with E-state index in [1.807, 2.05) is 6.21 Å². The molecule has 0 atom stereocenters. The van der Waals surface area contributed by atoms with Gasteiger partial charge in [-0.3, -0.25) is 4.99 Å². The van der Waals surface area contributed by atoms with Crippen LogP contribution < -0.4 is 4.90 Å². The lowest BCUT2D eigenvalue weighted by molar-refractivity contribution is 0.122. The summed E-state index contributed by atoms with van der Waals surface area (Å²) in [6, 6.07) is 6.32. The van der Waals surface area contributed by atoms with Crippen LogP contribution in [0.1, 0.15) is 5.56 Å². The second-order valence-corrected chi connectivity index (χ2v) is 6.22. The number of rotatable bonds is 2. The fourth-order valence-electron chi connectivity index (χ4n) is 2.70. The zero-order valence-electron chi connectivity index (χ0n) is 12.1. The topological polar surface area (TPSA) is 50.6 Å². The Kier molecular flexibility index (Phi) is 3.78. The molecule has 0 spiro atoms. The van der Waals surface area contributed by atoms with E-state index in [1.54, 1.807) is 18.1 Å². The summed E-state index contributed by atoms with van der Waals surface area (Å²) >= 11 is 1.76. The number of fused-ring (bicyclic) bond motifs is 1. The van der Waals surface area contributed by atoms with Gasteiger partial charge in [0.15, 0.2) is 0 Å². The van der Waals surface area contributed by atoms with Crippen molar-refractivity contribution in [3.8, 4) is 0 Å². The van der Waals surface area contributed by atoms with Crippen molar-refractivity contribution >= 4 is 40.8 Å². The molecule has 0 radical (unpaired) electrons. The molecule has 2 aliphatic rings. The molecule has 1 aromatic heterocycles. The third-order valence-corrected chi connectivity index (χ3v) is 4.62. The number of morpholine rings is 1. The van der Waals surface area contributed by atoms with Gasteiger partial charge in [0.25, 0.3) is 0 Å². The van der Waals surface area contributed by atoms with Crippen LogP contribution in [-0.4, -0.2) is 48.4 Å². The summed E-state index contributed by atoms with van der Waals surface area (Å²) < 4.78 is 5.43. The Morgan fingerprint density at radius 3 is 2.91 bits per heavy atom. The highest BCUT2D eigenvalue weighted by Crippen LogP contribution is 2.27. The Labute approximate surface area is 133 Å². The van der Waals surface area contributed by atoms with Crippen molar-refractivity contribution in [2.24, 2.45) is 4.99 Å². The zero-order valence-corrected chi connectivity index (χ0v) is 12.9. The standard InChI is InChI=1S/C16H16N4OS/c1-2-15-14(8-12(1)7-13-9-17-11-22-13)16(19-10-18-15)20-3-5-21-6-4-20/h1-2,7-10H,3-6,11H2. The lowest BCUT2D eigenvalue weighted by Crippen LogP contribution is -2.36. The van der Waals surface area contributed by atoms with Crippen molar-refractivity contribution in [3.05, 3.63) is 35.0 Å². The number of hydrogen-bond donors (Lipinski definition) is 0. The molecular formula is C16H16N4OS. The van der Waals surface area contributed by atoms with Crippen molar-refractivity contribution in [3.63, 3.8) is 0 Å². The smallest absolute Gasteiger partial charge is 0.140 e. The van der Waals surface area contributed by atoms with Gasteiger partial charge in [-0.25, -0.2) is 9.97 Å². The minimum atomic E-state index is 0.752. The van der Waals surface area contributed by atoms with Gasteiger partial charge in [0.05, 0.1) is 24.6 Å². The molecule has 3 heterocycles. The van der Waals surface area contributed by atoms with E-state index in [2.05, 4.69) is 44.1 Å². The molecule has 0 unspecified atom stereocenters. The van der Waals surface area contributed by atoms with Crippen LogP contribution in [0.15, 0.2) is 34.4 Å². The van der Waals surface area contributed by atoms with Crippen molar-refractivity contribution in [2.75, 3.05) is 37.1 Å². The van der Waals surface area contributed by atoms with Gasteiger partial charge in [0.2, 0.25) is 0 Å². The van der Waals surface area contributed by atoms with E-state index >= 15 is 0 Å². The number of nitrogens with zero attached hydrogens (tertiary/aromatic N) is 4. The number of anilines is 1. The predicted molar refractivity (Wildman–Crippen MR) is 91.5 cm³/mol. The number of benzene rings is 1. The van der Waals surface area contributed by atoms with E-state index in [0.717, 1.165) is 54.5 Å². The van der Waals surface area contributed by atoms with Crippen molar-refractivity contribution in [1.29, 1.82) is 0 Å². The summed E-state index contributed by atoms with van der Waals surface area (Å²) in [5, 5.41) is 1.10. The van der Waals surface area contributed by atoms with Crippen LogP contribution in [0, 0.1) is 0 Å². The Morgan fingerprint density at radius 2 is 2.09 bits per heavy atom. The van der Waals surface area contributed by atoms with E-state index in [1.165, 1.54) is 4.91 Å². The normalized spacial score (nSPS) is 20.2. The van der Waals surface area contributed by atoms with Gasteiger partial charge in [-0.15, -0.1) is 11.8 Å². The molecule has 0 amide bonds. The molecule has 0 saturated carbocycles. The van der Waals surface area contributed by atoms with Crippen LogP contribution in [0.2, 0.25) is 0 Å². The molecule has 2 aromatic rings. The van der Waals surface area contributed by atoms with Crippen LogP contribution >= 0.6 is 11.8 Å². The van der Waals surface area contributed by atoms with Gasteiger partial charge in [0.1, 0.15) is 12.1 Å². The number of aromatic nitrogens is 2. The highest BCUT2D eigenvalue weighted by atomic mass is 32.2. The first-order chi connectivity index (χ1) is 10.9. The number of thioether (sulfide) groups is 1. The first-order valence-corrected chi connectivity index (χ1v) is 8.30. The first kappa shape index (κ1) is 13.7. The van der Waals surface area contributed by atoms with E-state index in [9.17, 15) is 0 Å². The monoisotopic (exact) mass is 312 g/mol. The summed E-state index contributed by atoms with van der Waals surface area (Å²) in [6.45, 7) is 3.25. The van der Waals surface area contributed by atoms with Crippen LogP contribution in [0.3, 0.4) is 0 Å². The van der Waals surface area contributed by atoms with Gasteiger partial charge in [-0.2, -0.15) is 0 Å². The molecule has 1 fully saturated rings. The number of hydrogen-bond acceptors (Lipinski definition) is 6. The third-order valence-electron chi connectivity index (χ3n) is 3.78. The SMILES string of the molecule is C1=NCSC1=Cc1ccc2ncnc(N3CCOCC3)c2c1. The van der Waals surface area contributed by atoms with E-state index in [4.69, 9.17) is 4.74 Å². The van der Waals surface area contributed by atoms with E-state index in [0.29, 0.717) is 0 Å². The summed E-state index contributed by atoms with van der Waals surface area (Å²) in [4.78, 5) is 16.6. The summed E-state index contributed by atoms with van der Waals surface area (Å²) in [5.74, 6) is 1.82. The molecule has 22 heavy (non-hydrogen) atoms. The molecule has 4 rings (SSSR count). The molecule has 2 aliphatic heterocycles. The van der Waals surface area contributed by atoms with Crippen molar-refractivity contribution in [1.82, 2.24) is 9.97 Å². The maximum absolute atomic E-state index is 5.43. The summed E-state index contributed by atoms with van der Waals surface area (Å²) in [7, 11) is 0. The Morgan fingerprint density at radius 1 is 1.18 bits per heavy atom. The quantitative estimate of drug-likeness (QED) is 0.853. The number of ether oxygens (including phenoxy) is 1. The van der Waals surface area contributed by atoms with Gasteiger partial charge in [0, 0.05) is 29.6 Å². The fourth-order valence-corrected chi connectivity index (χ4v) is 3.36. The molecular weight excluding hydrogens is 296 g/mol. The summed E-state index contributed by atoms with van der Waals surface area (Å²) in [6.07, 6.45) is 5.74. The molecule has 1 aromatic carbocycles. The predicted octanol–water partition coefficient (Wildman–Crippen LogP) is 2.58. The highest BCUT2D eigenvalue weighted by Gasteiger charge is 2.15. The van der Waals surface area contributed by atoms with E-state index in [-0.39, 0.29) is 0 Å². The second kappa shape index (κ2) is 6.06. The fraction of sp³-hybridized carbons (Fsp3) is 0.312. The molecule has 0 bridgehead atoms. The summed E-state index contributed by atoms with van der Waals surface area (Å²) in [5.41, 5.74) is 2.14. The molecule has 112 valence electrons. The Bertz CT molecular complexity index is 753. The second-order valence-electron chi connectivity index (χ2n) is 5.21. The molecule has 0 aliphatic carbocycles. The van der Waals surface area contributed by atoms with Gasteiger partial charge < -0.3 is 9.64 Å². The maximum Gasteiger partial charge on any atom is 0.140 e. The van der Waals surface area contributed by atoms with Gasteiger partial charge >= 0.3 is 0 Å². The lowest BCUT2D eigenvalue weighted by atomic mass is 10.1. The highest BCUT2D eigenvalue weighted by molar-refractivity contribution is 8.04. The minimum Gasteiger partial charge on any atom is -0.378 e. The van der Waals surface area contributed by atoms with Crippen LogP contribution in [-0.2, 0) is 4.74 Å². The molecule has 0 N–H and O–H groups in total. The Balaban J connectivity index is 1.76. The van der Waals surface area contributed by atoms with Crippen LogP contribution in [0.5, 0.6) is 0 Å². The maximum atomic E-state index is 5.43. The molecule has 1 saturated heterocycles. The largest absolute Gasteiger partial charge is 0.378 e. The van der Waals surface area contributed by atoms with E-state index < -0.39 is 0 Å². The van der Waals surface area contributed by atoms with Crippen LogP contribution in [0.25, 0.3) is 17.0 Å². The van der Waals surface area contributed by atoms with Crippen molar-refractivity contribution in [2.45, 2.75) is 0 Å². The molecule has 5 nitrogen and oxygen atoms in total. The first-order valence-electron chi connectivity index (χ1n) is 7.32. The number of allylic oxidation sites excluding steroid dienone is 1. The Hall–Kier alpha value is -1.92. The van der Waals surface area contributed by atoms with Crippen molar-refractivity contribution < 1.29 is 4.74 Å².